The van der Waals surface area contributed by atoms with Crippen molar-refractivity contribution in [2.75, 3.05) is 18.5 Å². The highest BCUT2D eigenvalue weighted by atomic mass is 16.6. The highest BCUT2D eigenvalue weighted by Crippen LogP contribution is 2.32. The smallest absolute Gasteiger partial charge is 0.347 e. The molecule has 1 amide bonds. The second kappa shape index (κ2) is 8.65. The number of ether oxygens (including phenoxy) is 4. The number of nitrogens with one attached hydrogen (secondary N) is 1. The Balaban J connectivity index is 1.53. The molecular formula is C21H23NO6. The van der Waals surface area contributed by atoms with E-state index in [1.807, 2.05) is 19.1 Å². The molecule has 1 N–H and O–H groups in total. The summed E-state index contributed by atoms with van der Waals surface area (Å²) in [6.45, 7) is 5.99. The van der Waals surface area contributed by atoms with E-state index in [1.165, 1.54) is 6.92 Å². The van der Waals surface area contributed by atoms with Crippen LogP contribution in [-0.4, -0.2) is 37.3 Å². The van der Waals surface area contributed by atoms with Crippen molar-refractivity contribution in [3.05, 3.63) is 48.0 Å². The number of hydrogen-bond donors (Lipinski definition) is 1. The Morgan fingerprint density at radius 1 is 0.964 bits per heavy atom. The number of carbonyl (C=O) groups excluding carboxylic acids is 2. The lowest BCUT2D eigenvalue weighted by atomic mass is 10.2. The Kier molecular flexibility index (Phi) is 6.03. The van der Waals surface area contributed by atoms with E-state index >= 15 is 0 Å². The minimum absolute atomic E-state index is 0.451. The third kappa shape index (κ3) is 4.94. The monoisotopic (exact) mass is 385 g/mol. The van der Waals surface area contributed by atoms with Crippen LogP contribution in [0, 0.1) is 6.92 Å². The van der Waals surface area contributed by atoms with Gasteiger partial charge in [0.05, 0.1) is 0 Å². The molecular weight excluding hydrogens is 362 g/mol. The van der Waals surface area contributed by atoms with Crippen molar-refractivity contribution in [3.8, 4) is 17.2 Å². The summed E-state index contributed by atoms with van der Waals surface area (Å²) < 4.78 is 21.7. The minimum Gasteiger partial charge on any atom is -0.486 e. The first-order valence-corrected chi connectivity index (χ1v) is 9.06. The molecule has 2 unspecified atom stereocenters. The van der Waals surface area contributed by atoms with Gasteiger partial charge in [0.2, 0.25) is 0 Å². The van der Waals surface area contributed by atoms with E-state index in [4.69, 9.17) is 18.9 Å². The molecule has 0 bridgehead atoms. The van der Waals surface area contributed by atoms with Crippen LogP contribution >= 0.6 is 0 Å². The van der Waals surface area contributed by atoms with Crippen LogP contribution < -0.4 is 19.5 Å². The maximum Gasteiger partial charge on any atom is 0.347 e. The van der Waals surface area contributed by atoms with Gasteiger partial charge in [0.15, 0.2) is 23.7 Å². The molecule has 0 radical (unpaired) electrons. The summed E-state index contributed by atoms with van der Waals surface area (Å²) in [5.74, 6) is 0.681. The summed E-state index contributed by atoms with van der Waals surface area (Å²) in [5, 5.41) is 2.70. The number of hydrogen-bond acceptors (Lipinski definition) is 6. The zero-order valence-corrected chi connectivity index (χ0v) is 16.1. The summed E-state index contributed by atoms with van der Waals surface area (Å²) in [7, 11) is 0. The van der Waals surface area contributed by atoms with Gasteiger partial charge in [-0.25, -0.2) is 4.79 Å². The van der Waals surface area contributed by atoms with Crippen LogP contribution in [0.15, 0.2) is 42.5 Å². The Hall–Kier alpha value is -3.22. The van der Waals surface area contributed by atoms with E-state index in [0.717, 1.165) is 5.56 Å². The Bertz CT molecular complexity index is 848. The Labute approximate surface area is 163 Å². The number of benzene rings is 2. The molecule has 0 saturated heterocycles. The molecule has 28 heavy (non-hydrogen) atoms. The van der Waals surface area contributed by atoms with Crippen LogP contribution in [0.3, 0.4) is 0 Å². The number of anilines is 1. The van der Waals surface area contributed by atoms with E-state index < -0.39 is 24.1 Å². The second-order valence-electron chi connectivity index (χ2n) is 6.50. The van der Waals surface area contributed by atoms with Crippen molar-refractivity contribution in [2.45, 2.75) is 33.0 Å². The number of fused-ring (bicyclic) bond motifs is 1. The van der Waals surface area contributed by atoms with Crippen LogP contribution in [0.4, 0.5) is 5.69 Å². The van der Waals surface area contributed by atoms with Crippen LogP contribution in [0.2, 0.25) is 0 Å². The zero-order valence-electron chi connectivity index (χ0n) is 16.1. The molecule has 2 atom stereocenters. The summed E-state index contributed by atoms with van der Waals surface area (Å²) in [6.07, 6.45) is -1.82. The second-order valence-corrected chi connectivity index (χ2v) is 6.50. The summed E-state index contributed by atoms with van der Waals surface area (Å²) in [6, 6.07) is 12.4. The van der Waals surface area contributed by atoms with Crippen LogP contribution in [0.25, 0.3) is 0 Å². The molecule has 0 fully saturated rings. The number of amides is 1. The van der Waals surface area contributed by atoms with Gasteiger partial charge >= 0.3 is 5.97 Å². The summed E-state index contributed by atoms with van der Waals surface area (Å²) >= 11 is 0. The average Bonchev–Trinajstić information content (AvgIpc) is 2.69. The van der Waals surface area contributed by atoms with Gasteiger partial charge in [0, 0.05) is 11.8 Å². The van der Waals surface area contributed by atoms with Gasteiger partial charge in [-0.3, -0.25) is 4.79 Å². The molecule has 7 nitrogen and oxygen atoms in total. The predicted octanol–water partition coefficient (Wildman–Crippen LogP) is 3.10. The van der Waals surface area contributed by atoms with E-state index in [1.54, 1.807) is 37.3 Å². The lowest BCUT2D eigenvalue weighted by Gasteiger charge is -2.20. The van der Waals surface area contributed by atoms with E-state index in [2.05, 4.69) is 5.32 Å². The van der Waals surface area contributed by atoms with Gasteiger partial charge in [-0.1, -0.05) is 17.7 Å². The Morgan fingerprint density at radius 2 is 1.64 bits per heavy atom. The first-order chi connectivity index (χ1) is 13.4. The molecule has 0 aliphatic carbocycles. The molecule has 2 aromatic rings. The molecule has 7 heteroatoms. The SMILES string of the molecule is Cc1ccc(OC(C)C(=O)OC(C)C(=O)Nc2ccc3c(c2)OCCO3)cc1. The molecule has 0 spiro atoms. The summed E-state index contributed by atoms with van der Waals surface area (Å²) in [4.78, 5) is 24.5. The molecule has 3 rings (SSSR count). The largest absolute Gasteiger partial charge is 0.486 e. The van der Waals surface area contributed by atoms with Crippen molar-refractivity contribution in [1.82, 2.24) is 0 Å². The lowest BCUT2D eigenvalue weighted by molar-refractivity contribution is -0.159. The molecule has 1 heterocycles. The van der Waals surface area contributed by atoms with E-state index in [0.29, 0.717) is 36.1 Å². The molecule has 0 saturated carbocycles. The number of esters is 1. The van der Waals surface area contributed by atoms with Crippen molar-refractivity contribution in [1.29, 1.82) is 0 Å². The third-order valence-electron chi connectivity index (χ3n) is 4.14. The predicted molar refractivity (Wildman–Crippen MR) is 103 cm³/mol. The first-order valence-electron chi connectivity index (χ1n) is 9.06. The first kappa shape index (κ1) is 19.5. The number of aryl methyl sites for hydroxylation is 1. The van der Waals surface area contributed by atoms with Gasteiger partial charge in [-0.15, -0.1) is 0 Å². The highest BCUT2D eigenvalue weighted by molar-refractivity contribution is 5.95. The van der Waals surface area contributed by atoms with Gasteiger partial charge in [0.25, 0.3) is 5.91 Å². The molecule has 1 aliphatic rings. The lowest BCUT2D eigenvalue weighted by Crippen LogP contribution is -2.35. The molecule has 2 aromatic carbocycles. The van der Waals surface area contributed by atoms with Gasteiger partial charge in [-0.2, -0.15) is 0 Å². The molecule has 1 aliphatic heterocycles. The fourth-order valence-corrected chi connectivity index (χ4v) is 2.56. The quantitative estimate of drug-likeness (QED) is 0.770. The maximum atomic E-state index is 12.3. The standard InChI is InChI=1S/C21H23NO6/c1-13-4-7-17(8-5-13)27-15(3)21(24)28-14(2)20(23)22-16-6-9-18-19(12-16)26-11-10-25-18/h4-9,12,14-15H,10-11H2,1-3H3,(H,22,23). The van der Waals surface area contributed by atoms with Crippen LogP contribution in [-0.2, 0) is 14.3 Å². The molecule has 0 aromatic heterocycles. The summed E-state index contributed by atoms with van der Waals surface area (Å²) in [5.41, 5.74) is 1.62. The average molecular weight is 385 g/mol. The van der Waals surface area contributed by atoms with Crippen LogP contribution in [0.5, 0.6) is 17.2 Å². The number of carbonyl (C=O) groups is 2. The zero-order chi connectivity index (χ0) is 20.1. The normalized spacial score (nSPS) is 14.5. The fourth-order valence-electron chi connectivity index (χ4n) is 2.56. The van der Waals surface area contributed by atoms with Gasteiger partial charge in [-0.05, 0) is 45.0 Å². The van der Waals surface area contributed by atoms with Crippen LogP contribution in [0.1, 0.15) is 19.4 Å². The fraction of sp³-hybridized carbons (Fsp3) is 0.333. The highest BCUT2D eigenvalue weighted by Gasteiger charge is 2.24. The number of rotatable bonds is 6. The van der Waals surface area contributed by atoms with E-state index in [9.17, 15) is 9.59 Å². The van der Waals surface area contributed by atoms with Crippen molar-refractivity contribution in [3.63, 3.8) is 0 Å². The van der Waals surface area contributed by atoms with Crippen molar-refractivity contribution >= 4 is 17.6 Å². The van der Waals surface area contributed by atoms with E-state index in [-0.39, 0.29) is 0 Å². The van der Waals surface area contributed by atoms with Crippen molar-refractivity contribution in [2.24, 2.45) is 0 Å². The maximum absolute atomic E-state index is 12.3. The van der Waals surface area contributed by atoms with Gasteiger partial charge < -0.3 is 24.3 Å². The third-order valence-corrected chi connectivity index (χ3v) is 4.14. The topological polar surface area (TPSA) is 83.1 Å². The Morgan fingerprint density at radius 3 is 2.36 bits per heavy atom. The minimum atomic E-state index is -0.982. The van der Waals surface area contributed by atoms with Gasteiger partial charge in [0.1, 0.15) is 19.0 Å². The van der Waals surface area contributed by atoms with Crippen molar-refractivity contribution < 1.29 is 28.5 Å². The molecule has 148 valence electrons.